The quantitative estimate of drug-likeness (QED) is 0.892. The Bertz CT molecular complexity index is 721. The minimum absolute atomic E-state index is 0.189. The fraction of sp³-hybridized carbons (Fsp3) is 0.250. The van der Waals surface area contributed by atoms with E-state index in [9.17, 15) is 10.1 Å². The lowest BCUT2D eigenvalue weighted by Crippen LogP contribution is -2.13. The molecule has 0 aliphatic rings. The van der Waals surface area contributed by atoms with Gasteiger partial charge in [-0.2, -0.15) is 5.26 Å². The number of aromatic nitrogens is 1. The second kappa shape index (κ2) is 5.11. The molecule has 2 aromatic rings. The first-order valence-corrected chi connectivity index (χ1v) is 6.31. The summed E-state index contributed by atoms with van der Waals surface area (Å²) in [5, 5.41) is 9.24. The second-order valence-electron chi connectivity index (χ2n) is 4.64. The minimum atomic E-state index is -0.317. The van der Waals surface area contributed by atoms with E-state index in [0.29, 0.717) is 0 Å². The van der Waals surface area contributed by atoms with Crippen LogP contribution in [0.15, 0.2) is 29.1 Å². The first-order chi connectivity index (χ1) is 9.08. The molecule has 0 spiro atoms. The molecule has 2 rings (SSSR count). The second-order valence-corrected chi connectivity index (χ2v) is 4.64. The van der Waals surface area contributed by atoms with Gasteiger partial charge in [-0.05, 0) is 43.0 Å². The highest BCUT2D eigenvalue weighted by Crippen LogP contribution is 2.29. The molecule has 0 saturated carbocycles. The van der Waals surface area contributed by atoms with Crippen LogP contribution in [0.3, 0.4) is 0 Å². The average molecular weight is 252 g/mol. The highest BCUT2D eigenvalue weighted by Gasteiger charge is 2.14. The van der Waals surface area contributed by atoms with Crippen LogP contribution in [0.1, 0.15) is 29.3 Å². The van der Waals surface area contributed by atoms with Crippen LogP contribution in [0.4, 0.5) is 0 Å². The fourth-order valence-electron chi connectivity index (χ4n) is 2.41. The Morgan fingerprint density at radius 2 is 2.05 bits per heavy atom. The van der Waals surface area contributed by atoms with Crippen molar-refractivity contribution in [2.24, 2.45) is 0 Å². The number of pyridine rings is 1. The van der Waals surface area contributed by atoms with E-state index in [-0.39, 0.29) is 11.1 Å². The molecule has 1 aromatic heterocycles. The first-order valence-electron chi connectivity index (χ1n) is 6.31. The summed E-state index contributed by atoms with van der Waals surface area (Å²) in [5.41, 5.74) is 4.62. The lowest BCUT2D eigenvalue weighted by atomic mass is 9.91. The largest absolute Gasteiger partial charge is 0.325 e. The van der Waals surface area contributed by atoms with Crippen molar-refractivity contribution < 1.29 is 0 Å². The third-order valence-corrected chi connectivity index (χ3v) is 3.29. The van der Waals surface area contributed by atoms with E-state index in [0.717, 1.165) is 34.4 Å². The molecule has 0 aliphatic heterocycles. The van der Waals surface area contributed by atoms with Crippen molar-refractivity contribution in [3.63, 3.8) is 0 Å². The standard InChI is InChI=1S/C16H16N2O/c1-4-12-7-5-6-10(2)15(12)13-8-11(3)18-16(19)14(13)9-17/h5-8H,4H2,1-3H3,(H,18,19). The molecule has 0 atom stereocenters. The average Bonchev–Trinajstić information content (AvgIpc) is 2.37. The molecule has 0 saturated heterocycles. The van der Waals surface area contributed by atoms with E-state index in [2.05, 4.69) is 11.9 Å². The van der Waals surface area contributed by atoms with Crippen LogP contribution in [0.5, 0.6) is 0 Å². The minimum Gasteiger partial charge on any atom is -0.325 e. The Labute approximate surface area is 112 Å². The third-order valence-electron chi connectivity index (χ3n) is 3.29. The maximum Gasteiger partial charge on any atom is 0.266 e. The van der Waals surface area contributed by atoms with Gasteiger partial charge in [0, 0.05) is 11.3 Å². The molecule has 0 aliphatic carbocycles. The van der Waals surface area contributed by atoms with E-state index >= 15 is 0 Å². The number of H-pyrrole nitrogens is 1. The van der Waals surface area contributed by atoms with E-state index < -0.39 is 0 Å². The molecule has 19 heavy (non-hydrogen) atoms. The van der Waals surface area contributed by atoms with Crippen molar-refractivity contribution in [3.8, 4) is 17.2 Å². The van der Waals surface area contributed by atoms with E-state index in [1.165, 1.54) is 0 Å². The van der Waals surface area contributed by atoms with Crippen molar-refractivity contribution >= 4 is 0 Å². The zero-order valence-corrected chi connectivity index (χ0v) is 11.4. The van der Waals surface area contributed by atoms with Gasteiger partial charge in [0.2, 0.25) is 0 Å². The summed E-state index contributed by atoms with van der Waals surface area (Å²) in [6, 6.07) is 9.95. The number of aryl methyl sites for hydroxylation is 3. The highest BCUT2D eigenvalue weighted by atomic mass is 16.1. The summed E-state index contributed by atoms with van der Waals surface area (Å²) in [5.74, 6) is 0. The van der Waals surface area contributed by atoms with E-state index in [4.69, 9.17) is 0 Å². The summed E-state index contributed by atoms with van der Waals surface area (Å²) >= 11 is 0. The van der Waals surface area contributed by atoms with Gasteiger partial charge in [-0.3, -0.25) is 4.79 Å². The van der Waals surface area contributed by atoms with E-state index in [1.54, 1.807) is 0 Å². The Morgan fingerprint density at radius 3 is 2.68 bits per heavy atom. The van der Waals surface area contributed by atoms with Gasteiger partial charge in [0.15, 0.2) is 0 Å². The van der Waals surface area contributed by atoms with Gasteiger partial charge in [-0.25, -0.2) is 0 Å². The Balaban J connectivity index is 2.87. The van der Waals surface area contributed by atoms with Crippen LogP contribution >= 0.6 is 0 Å². The summed E-state index contributed by atoms with van der Waals surface area (Å²) in [6.07, 6.45) is 0.869. The first kappa shape index (κ1) is 13.1. The van der Waals surface area contributed by atoms with Gasteiger partial charge in [0.25, 0.3) is 5.56 Å². The topological polar surface area (TPSA) is 56.6 Å². The van der Waals surface area contributed by atoms with Crippen molar-refractivity contribution in [2.75, 3.05) is 0 Å². The van der Waals surface area contributed by atoms with Gasteiger partial charge in [0.05, 0.1) is 0 Å². The molecule has 1 aromatic carbocycles. The lowest BCUT2D eigenvalue weighted by Gasteiger charge is -2.13. The third kappa shape index (κ3) is 2.30. The number of hydrogen-bond acceptors (Lipinski definition) is 2. The van der Waals surface area contributed by atoms with Gasteiger partial charge < -0.3 is 4.98 Å². The lowest BCUT2D eigenvalue weighted by molar-refractivity contribution is 1.11. The van der Waals surface area contributed by atoms with E-state index in [1.807, 2.05) is 44.2 Å². The summed E-state index contributed by atoms with van der Waals surface area (Å²) in [4.78, 5) is 14.6. The molecule has 3 heteroatoms. The van der Waals surface area contributed by atoms with Crippen LogP contribution < -0.4 is 5.56 Å². The predicted octanol–water partition coefficient (Wildman–Crippen LogP) is 3.09. The molecule has 0 radical (unpaired) electrons. The molecule has 0 bridgehead atoms. The zero-order valence-electron chi connectivity index (χ0n) is 11.4. The molecule has 1 heterocycles. The van der Waals surface area contributed by atoms with Crippen LogP contribution in [-0.4, -0.2) is 4.98 Å². The number of benzene rings is 1. The van der Waals surface area contributed by atoms with Gasteiger partial charge in [-0.1, -0.05) is 25.1 Å². The number of nitriles is 1. The molecule has 1 N–H and O–H groups in total. The molecular weight excluding hydrogens is 236 g/mol. The number of hydrogen-bond donors (Lipinski definition) is 1. The van der Waals surface area contributed by atoms with Crippen molar-refractivity contribution in [3.05, 3.63) is 57.0 Å². The molecule has 96 valence electrons. The van der Waals surface area contributed by atoms with Crippen molar-refractivity contribution in [2.45, 2.75) is 27.2 Å². The molecule has 0 fully saturated rings. The van der Waals surface area contributed by atoms with Gasteiger partial charge in [-0.15, -0.1) is 0 Å². The molecule has 0 unspecified atom stereocenters. The number of nitrogens with zero attached hydrogens (tertiary/aromatic N) is 1. The smallest absolute Gasteiger partial charge is 0.266 e. The van der Waals surface area contributed by atoms with Crippen LogP contribution in [0, 0.1) is 25.2 Å². The summed E-state index contributed by atoms with van der Waals surface area (Å²) in [6.45, 7) is 5.91. The van der Waals surface area contributed by atoms with Gasteiger partial charge in [0.1, 0.15) is 11.6 Å². The fourth-order valence-corrected chi connectivity index (χ4v) is 2.41. The maximum absolute atomic E-state index is 11.9. The Hall–Kier alpha value is -2.34. The summed E-state index contributed by atoms with van der Waals surface area (Å²) in [7, 11) is 0. The van der Waals surface area contributed by atoms with Crippen LogP contribution in [0.25, 0.3) is 11.1 Å². The SMILES string of the molecule is CCc1cccc(C)c1-c1cc(C)[nH]c(=O)c1C#N. The number of nitrogens with one attached hydrogen (secondary N) is 1. The van der Waals surface area contributed by atoms with Gasteiger partial charge >= 0.3 is 0 Å². The Morgan fingerprint density at radius 1 is 1.32 bits per heavy atom. The number of aromatic amines is 1. The maximum atomic E-state index is 11.9. The molecule has 3 nitrogen and oxygen atoms in total. The van der Waals surface area contributed by atoms with Crippen molar-refractivity contribution in [1.82, 2.24) is 4.98 Å². The summed E-state index contributed by atoms with van der Waals surface area (Å²) < 4.78 is 0. The van der Waals surface area contributed by atoms with Crippen LogP contribution in [-0.2, 0) is 6.42 Å². The molecular formula is C16H16N2O. The zero-order chi connectivity index (χ0) is 14.0. The monoisotopic (exact) mass is 252 g/mol. The predicted molar refractivity (Wildman–Crippen MR) is 76.1 cm³/mol. The normalized spacial score (nSPS) is 10.2. The molecule has 0 amide bonds. The highest BCUT2D eigenvalue weighted by molar-refractivity contribution is 5.76. The number of rotatable bonds is 2. The Kier molecular flexibility index (Phi) is 3.52. The van der Waals surface area contributed by atoms with Crippen LogP contribution in [0.2, 0.25) is 0 Å². The van der Waals surface area contributed by atoms with Crippen molar-refractivity contribution in [1.29, 1.82) is 5.26 Å².